The highest BCUT2D eigenvalue weighted by Gasteiger charge is 2.19. The average molecular weight is 303 g/mol. The predicted octanol–water partition coefficient (Wildman–Crippen LogP) is -0.717. The zero-order chi connectivity index (χ0) is 15.1. The zero-order valence-corrected chi connectivity index (χ0v) is 12.0. The molecule has 0 aromatic carbocycles. The van der Waals surface area contributed by atoms with Crippen LogP contribution in [0.15, 0.2) is 9.95 Å². The number of amides is 3. The van der Waals surface area contributed by atoms with Crippen LogP contribution in [-0.2, 0) is 16.1 Å². The van der Waals surface area contributed by atoms with Gasteiger partial charge in [0.15, 0.2) is 5.16 Å². The van der Waals surface area contributed by atoms with Crippen LogP contribution in [0.5, 0.6) is 0 Å². The molecular formula is C10H17N5O4S. The predicted molar refractivity (Wildman–Crippen MR) is 72.4 cm³/mol. The van der Waals surface area contributed by atoms with Gasteiger partial charge in [-0.05, 0) is 13.3 Å². The SMILES string of the molecule is COCCCn1c(S[C@@H](C)C(=O)NC(N)=O)n[nH]c1=O. The Hall–Kier alpha value is -1.81. The Kier molecular flexibility index (Phi) is 6.25. The van der Waals surface area contributed by atoms with E-state index in [1.807, 2.05) is 5.32 Å². The van der Waals surface area contributed by atoms with Crippen molar-refractivity contribution in [3.05, 3.63) is 10.5 Å². The standard InChI is InChI=1S/C10H17N5O4S/c1-6(7(16)12-8(11)17)20-10-14-13-9(18)15(10)4-3-5-19-2/h6H,3-5H2,1-2H3,(H,13,18)(H3,11,12,16,17)/t6-/m0/s1. The van der Waals surface area contributed by atoms with E-state index in [0.717, 1.165) is 11.8 Å². The minimum Gasteiger partial charge on any atom is -0.385 e. The molecule has 0 aliphatic carbocycles. The Morgan fingerprint density at radius 1 is 1.60 bits per heavy atom. The van der Waals surface area contributed by atoms with Crippen LogP contribution < -0.4 is 16.7 Å². The third kappa shape index (κ3) is 4.70. The summed E-state index contributed by atoms with van der Waals surface area (Å²) in [6, 6.07) is -0.915. The maximum Gasteiger partial charge on any atom is 0.343 e. The summed E-state index contributed by atoms with van der Waals surface area (Å²) in [5.74, 6) is -0.540. The second-order valence-corrected chi connectivity index (χ2v) is 5.23. The number of nitrogens with zero attached hydrogens (tertiary/aromatic N) is 2. The molecule has 0 spiro atoms. The molecule has 0 aliphatic rings. The lowest BCUT2D eigenvalue weighted by atomic mass is 10.4. The molecule has 0 fully saturated rings. The fourth-order valence-corrected chi connectivity index (χ4v) is 2.27. The molecule has 1 rings (SSSR count). The number of carbonyl (C=O) groups is 2. The molecule has 1 aromatic heterocycles. The highest BCUT2D eigenvalue weighted by Crippen LogP contribution is 2.19. The van der Waals surface area contributed by atoms with Crippen molar-refractivity contribution < 1.29 is 14.3 Å². The molecule has 0 saturated heterocycles. The minimum absolute atomic E-state index is 0.355. The highest BCUT2D eigenvalue weighted by atomic mass is 32.2. The maximum absolute atomic E-state index is 11.6. The molecule has 20 heavy (non-hydrogen) atoms. The Labute approximate surface area is 119 Å². The van der Waals surface area contributed by atoms with E-state index in [0.29, 0.717) is 24.7 Å². The number of hydrogen-bond donors (Lipinski definition) is 3. The number of H-pyrrole nitrogens is 1. The Bertz CT molecular complexity index is 526. The molecule has 0 unspecified atom stereocenters. The Morgan fingerprint density at radius 2 is 2.30 bits per heavy atom. The number of thioether (sulfide) groups is 1. The molecular weight excluding hydrogens is 286 g/mol. The van der Waals surface area contributed by atoms with E-state index >= 15 is 0 Å². The fraction of sp³-hybridized carbons (Fsp3) is 0.600. The molecule has 112 valence electrons. The maximum atomic E-state index is 11.6. The number of primary amides is 1. The topological polar surface area (TPSA) is 132 Å². The number of imide groups is 1. The first-order valence-corrected chi connectivity index (χ1v) is 6.74. The lowest BCUT2D eigenvalue weighted by molar-refractivity contribution is -0.119. The number of rotatable bonds is 7. The van der Waals surface area contributed by atoms with Crippen LogP contribution in [0.1, 0.15) is 13.3 Å². The monoisotopic (exact) mass is 303 g/mol. The van der Waals surface area contributed by atoms with Crippen LogP contribution in [0.2, 0.25) is 0 Å². The number of carbonyl (C=O) groups excluding carboxylic acids is 2. The molecule has 1 aromatic rings. The van der Waals surface area contributed by atoms with Crippen molar-refractivity contribution in [1.29, 1.82) is 0 Å². The number of ether oxygens (including phenoxy) is 1. The van der Waals surface area contributed by atoms with Crippen molar-refractivity contribution in [1.82, 2.24) is 20.1 Å². The molecule has 1 heterocycles. The molecule has 10 heteroatoms. The number of nitrogens with one attached hydrogen (secondary N) is 2. The summed E-state index contributed by atoms with van der Waals surface area (Å²) >= 11 is 1.06. The van der Waals surface area contributed by atoms with Gasteiger partial charge in [0.2, 0.25) is 5.91 Å². The van der Waals surface area contributed by atoms with Crippen LogP contribution in [0.3, 0.4) is 0 Å². The van der Waals surface area contributed by atoms with E-state index < -0.39 is 17.2 Å². The van der Waals surface area contributed by atoms with Gasteiger partial charge in [0.1, 0.15) is 0 Å². The van der Waals surface area contributed by atoms with Gasteiger partial charge >= 0.3 is 11.7 Å². The molecule has 3 amide bonds. The van der Waals surface area contributed by atoms with Crippen molar-refractivity contribution in [2.24, 2.45) is 5.73 Å². The van der Waals surface area contributed by atoms with E-state index in [-0.39, 0.29) is 5.69 Å². The summed E-state index contributed by atoms with van der Waals surface area (Å²) in [4.78, 5) is 33.7. The molecule has 0 radical (unpaired) electrons. The molecule has 9 nitrogen and oxygen atoms in total. The normalized spacial score (nSPS) is 12.1. The van der Waals surface area contributed by atoms with E-state index in [9.17, 15) is 14.4 Å². The molecule has 0 aliphatic heterocycles. The summed E-state index contributed by atoms with van der Waals surface area (Å²) in [7, 11) is 1.57. The Balaban J connectivity index is 2.69. The molecule has 0 saturated carbocycles. The fourth-order valence-electron chi connectivity index (χ4n) is 1.39. The van der Waals surface area contributed by atoms with E-state index in [1.54, 1.807) is 14.0 Å². The van der Waals surface area contributed by atoms with Crippen LogP contribution in [0.25, 0.3) is 0 Å². The molecule has 4 N–H and O–H groups in total. The van der Waals surface area contributed by atoms with Crippen molar-refractivity contribution in [3.63, 3.8) is 0 Å². The van der Waals surface area contributed by atoms with Crippen molar-refractivity contribution in [3.8, 4) is 0 Å². The summed E-state index contributed by atoms with van der Waals surface area (Å²) in [6.45, 7) is 2.52. The van der Waals surface area contributed by atoms with Gasteiger partial charge in [0.05, 0.1) is 5.25 Å². The quantitative estimate of drug-likeness (QED) is 0.450. The second kappa shape index (κ2) is 7.70. The smallest absolute Gasteiger partial charge is 0.343 e. The van der Waals surface area contributed by atoms with Crippen molar-refractivity contribution >= 4 is 23.7 Å². The third-order valence-corrected chi connectivity index (χ3v) is 3.44. The van der Waals surface area contributed by atoms with Crippen molar-refractivity contribution in [2.45, 2.75) is 30.3 Å². The van der Waals surface area contributed by atoms with E-state index in [4.69, 9.17) is 10.5 Å². The lowest BCUT2D eigenvalue weighted by Gasteiger charge is -2.10. The van der Waals surface area contributed by atoms with Crippen LogP contribution in [0.4, 0.5) is 4.79 Å². The largest absolute Gasteiger partial charge is 0.385 e. The van der Waals surface area contributed by atoms with Crippen LogP contribution in [-0.4, -0.2) is 45.7 Å². The number of methoxy groups -OCH3 is 1. The minimum atomic E-state index is -0.915. The summed E-state index contributed by atoms with van der Waals surface area (Å²) in [5, 5.41) is 7.91. The molecule has 1 atom stereocenters. The number of nitrogens with two attached hydrogens (primary N) is 1. The zero-order valence-electron chi connectivity index (χ0n) is 11.2. The van der Waals surface area contributed by atoms with E-state index in [1.165, 1.54) is 4.57 Å². The van der Waals surface area contributed by atoms with Gasteiger partial charge in [0, 0.05) is 20.3 Å². The lowest BCUT2D eigenvalue weighted by Crippen LogP contribution is -2.39. The van der Waals surface area contributed by atoms with E-state index in [2.05, 4.69) is 10.2 Å². The van der Waals surface area contributed by atoms with Gasteiger partial charge in [0.25, 0.3) is 0 Å². The number of hydrogen-bond acceptors (Lipinski definition) is 6. The number of aromatic nitrogens is 3. The van der Waals surface area contributed by atoms with Gasteiger partial charge in [-0.15, -0.1) is 5.10 Å². The van der Waals surface area contributed by atoms with Gasteiger partial charge in [-0.1, -0.05) is 11.8 Å². The summed E-state index contributed by atoms with van der Waals surface area (Å²) < 4.78 is 6.33. The summed E-state index contributed by atoms with van der Waals surface area (Å²) in [5.41, 5.74) is 4.51. The van der Waals surface area contributed by atoms with Crippen LogP contribution >= 0.6 is 11.8 Å². The number of aromatic amines is 1. The third-order valence-electron chi connectivity index (χ3n) is 2.35. The highest BCUT2D eigenvalue weighted by molar-refractivity contribution is 8.00. The first-order chi connectivity index (χ1) is 9.45. The van der Waals surface area contributed by atoms with Gasteiger partial charge in [-0.3, -0.25) is 14.7 Å². The average Bonchev–Trinajstić information content (AvgIpc) is 2.70. The Morgan fingerprint density at radius 3 is 2.90 bits per heavy atom. The first-order valence-electron chi connectivity index (χ1n) is 5.86. The summed E-state index contributed by atoms with van der Waals surface area (Å²) in [6.07, 6.45) is 0.644. The van der Waals surface area contributed by atoms with Gasteiger partial charge in [-0.2, -0.15) is 0 Å². The van der Waals surface area contributed by atoms with Gasteiger partial charge < -0.3 is 10.5 Å². The van der Waals surface area contributed by atoms with Gasteiger partial charge in [-0.25, -0.2) is 14.7 Å². The number of urea groups is 1. The van der Waals surface area contributed by atoms with Crippen LogP contribution in [0, 0.1) is 0 Å². The second-order valence-electron chi connectivity index (χ2n) is 3.92. The first kappa shape index (κ1) is 16.2. The molecule has 0 bridgehead atoms. The van der Waals surface area contributed by atoms with Crippen molar-refractivity contribution in [2.75, 3.05) is 13.7 Å².